The Bertz CT molecular complexity index is 862. The average molecular weight is 415 g/mol. The van der Waals surface area contributed by atoms with Crippen LogP contribution < -0.4 is 10.6 Å². The largest absolute Gasteiger partial charge is 0.459 e. The number of esters is 1. The van der Waals surface area contributed by atoms with Gasteiger partial charge in [-0.3, -0.25) is 0 Å². The molecule has 0 spiro atoms. The Hall–Kier alpha value is -2.60. The molecule has 1 aliphatic heterocycles. The maximum absolute atomic E-state index is 12.9. The van der Waals surface area contributed by atoms with Crippen LogP contribution in [0.4, 0.5) is 4.79 Å². The number of amides is 2. The Balaban J connectivity index is 2.17. The Labute approximate surface area is 160 Å². The quantitative estimate of drug-likeness (QED) is 0.737. The van der Waals surface area contributed by atoms with Crippen LogP contribution in [-0.2, 0) is 9.53 Å². The average Bonchev–Trinajstić information content (AvgIpc) is 2.61. The highest BCUT2D eigenvalue weighted by Crippen LogP contribution is 2.33. The zero-order chi connectivity index (χ0) is 18.7. The highest BCUT2D eigenvalue weighted by molar-refractivity contribution is 9.10. The van der Waals surface area contributed by atoms with E-state index in [9.17, 15) is 9.59 Å². The minimum absolute atomic E-state index is 0.271. The van der Waals surface area contributed by atoms with Gasteiger partial charge in [0, 0.05) is 4.47 Å². The minimum atomic E-state index is -0.609. The lowest BCUT2D eigenvalue weighted by atomic mass is 9.92. The van der Waals surface area contributed by atoms with Gasteiger partial charge < -0.3 is 15.4 Å². The molecule has 6 heteroatoms. The van der Waals surface area contributed by atoms with E-state index in [1.807, 2.05) is 54.6 Å². The van der Waals surface area contributed by atoms with E-state index < -0.39 is 12.0 Å². The van der Waals surface area contributed by atoms with Gasteiger partial charge in [0.25, 0.3) is 0 Å². The van der Waals surface area contributed by atoms with Crippen LogP contribution in [0.1, 0.15) is 31.0 Å². The van der Waals surface area contributed by atoms with E-state index >= 15 is 0 Å². The monoisotopic (exact) mass is 414 g/mol. The number of ether oxygens (including phenoxy) is 1. The molecule has 3 rings (SSSR count). The lowest BCUT2D eigenvalue weighted by Gasteiger charge is -2.30. The summed E-state index contributed by atoms with van der Waals surface area (Å²) in [4.78, 5) is 25.2. The number of urea groups is 1. The molecule has 0 saturated carbocycles. The van der Waals surface area contributed by atoms with Gasteiger partial charge in [-0.1, -0.05) is 58.4 Å². The summed E-state index contributed by atoms with van der Waals surface area (Å²) >= 11 is 3.44. The molecule has 0 saturated heterocycles. The fourth-order valence-corrected chi connectivity index (χ4v) is 3.25. The third-order valence-corrected chi connectivity index (χ3v) is 4.37. The summed E-state index contributed by atoms with van der Waals surface area (Å²) in [5, 5.41) is 5.60. The van der Waals surface area contributed by atoms with Gasteiger partial charge in [0.15, 0.2) is 0 Å². The van der Waals surface area contributed by atoms with Crippen molar-refractivity contribution < 1.29 is 14.3 Å². The second kappa shape index (κ2) is 7.74. The van der Waals surface area contributed by atoms with E-state index in [4.69, 9.17) is 4.74 Å². The molecule has 5 nitrogen and oxygen atoms in total. The smallest absolute Gasteiger partial charge is 0.338 e. The molecular formula is C20H19BrN2O3. The van der Waals surface area contributed by atoms with Crippen LogP contribution in [0.25, 0.3) is 5.70 Å². The van der Waals surface area contributed by atoms with E-state index in [0.29, 0.717) is 11.3 Å². The SMILES string of the molecule is CC(C)OC(=O)C1=C(c2ccccc2)NC(=O)NC1c1cccc(Br)c1. The molecule has 0 radical (unpaired) electrons. The lowest BCUT2D eigenvalue weighted by molar-refractivity contribution is -0.143. The summed E-state index contributed by atoms with van der Waals surface area (Å²) in [6.07, 6.45) is -0.271. The third kappa shape index (κ3) is 3.96. The molecular weight excluding hydrogens is 396 g/mol. The van der Waals surface area contributed by atoms with Crippen molar-refractivity contribution in [3.05, 3.63) is 75.8 Å². The third-order valence-electron chi connectivity index (χ3n) is 3.88. The molecule has 2 N–H and O–H groups in total. The van der Waals surface area contributed by atoms with Crippen LogP contribution >= 0.6 is 15.9 Å². The first-order chi connectivity index (χ1) is 12.5. The highest BCUT2D eigenvalue weighted by Gasteiger charge is 2.34. The van der Waals surface area contributed by atoms with Crippen LogP contribution in [0.3, 0.4) is 0 Å². The minimum Gasteiger partial charge on any atom is -0.459 e. The molecule has 1 aliphatic rings. The number of carbonyl (C=O) groups is 2. The van der Waals surface area contributed by atoms with E-state index in [2.05, 4.69) is 26.6 Å². The van der Waals surface area contributed by atoms with Gasteiger partial charge in [-0.15, -0.1) is 0 Å². The molecule has 1 unspecified atom stereocenters. The lowest BCUT2D eigenvalue weighted by Crippen LogP contribution is -2.45. The first kappa shape index (κ1) is 18.2. The fraction of sp³-hybridized carbons (Fsp3) is 0.200. The number of hydrogen-bond acceptors (Lipinski definition) is 3. The van der Waals surface area contributed by atoms with Crippen LogP contribution in [0, 0.1) is 0 Å². The van der Waals surface area contributed by atoms with Crippen LogP contribution in [0.15, 0.2) is 64.6 Å². The Kier molecular flexibility index (Phi) is 5.42. The zero-order valence-corrected chi connectivity index (χ0v) is 16.0. The normalized spacial score (nSPS) is 16.9. The number of halogens is 1. The van der Waals surface area contributed by atoms with Crippen LogP contribution in [0.5, 0.6) is 0 Å². The number of rotatable bonds is 4. The van der Waals surface area contributed by atoms with E-state index in [1.165, 1.54) is 0 Å². The molecule has 26 heavy (non-hydrogen) atoms. The molecule has 134 valence electrons. The number of benzene rings is 2. The molecule has 0 aromatic heterocycles. The maximum atomic E-state index is 12.9. The van der Waals surface area contributed by atoms with Gasteiger partial charge >= 0.3 is 12.0 Å². The topological polar surface area (TPSA) is 67.4 Å². The maximum Gasteiger partial charge on any atom is 0.338 e. The summed E-state index contributed by atoms with van der Waals surface area (Å²) in [7, 11) is 0. The molecule has 1 atom stereocenters. The van der Waals surface area contributed by atoms with Gasteiger partial charge in [0.2, 0.25) is 0 Å². The van der Waals surface area contributed by atoms with Crippen molar-refractivity contribution >= 4 is 33.6 Å². The van der Waals surface area contributed by atoms with Gasteiger partial charge in [-0.05, 0) is 37.1 Å². The van der Waals surface area contributed by atoms with Crippen molar-refractivity contribution in [2.45, 2.75) is 26.0 Å². The first-order valence-corrected chi connectivity index (χ1v) is 9.08. The van der Waals surface area contributed by atoms with Crippen LogP contribution in [0.2, 0.25) is 0 Å². The van der Waals surface area contributed by atoms with Gasteiger partial charge in [-0.25, -0.2) is 9.59 Å². The van der Waals surface area contributed by atoms with Crippen molar-refractivity contribution in [1.82, 2.24) is 10.6 Å². The summed E-state index contributed by atoms with van der Waals surface area (Å²) in [6, 6.07) is 15.8. The molecule has 2 amide bonds. The van der Waals surface area contributed by atoms with Gasteiger partial charge in [0.1, 0.15) is 0 Å². The standard InChI is InChI=1S/C20H19BrN2O3/c1-12(2)26-19(24)16-17(13-7-4-3-5-8-13)22-20(25)23-18(16)14-9-6-10-15(21)11-14/h3-12,18H,1-2H3,(H2,22,23,25). The van der Waals surface area contributed by atoms with E-state index in [0.717, 1.165) is 15.6 Å². The summed E-state index contributed by atoms with van der Waals surface area (Å²) < 4.78 is 6.32. The summed E-state index contributed by atoms with van der Waals surface area (Å²) in [6.45, 7) is 3.59. The predicted molar refractivity (Wildman–Crippen MR) is 103 cm³/mol. The predicted octanol–water partition coefficient (Wildman–Crippen LogP) is 4.17. The number of carbonyl (C=O) groups excluding carboxylic acids is 2. The van der Waals surface area contributed by atoms with Crippen molar-refractivity contribution in [1.29, 1.82) is 0 Å². The molecule has 0 fully saturated rings. The van der Waals surface area contributed by atoms with Crippen LogP contribution in [-0.4, -0.2) is 18.1 Å². The molecule has 2 aromatic carbocycles. The molecule has 1 heterocycles. The molecule has 2 aromatic rings. The Morgan fingerprint density at radius 1 is 1.12 bits per heavy atom. The zero-order valence-electron chi connectivity index (χ0n) is 14.5. The van der Waals surface area contributed by atoms with Crippen molar-refractivity contribution in [3.63, 3.8) is 0 Å². The fourth-order valence-electron chi connectivity index (χ4n) is 2.83. The van der Waals surface area contributed by atoms with Gasteiger partial charge in [0.05, 0.1) is 23.4 Å². The highest BCUT2D eigenvalue weighted by atomic mass is 79.9. The number of nitrogens with one attached hydrogen (secondary N) is 2. The second-order valence-corrected chi connectivity index (χ2v) is 7.11. The van der Waals surface area contributed by atoms with Crippen molar-refractivity contribution in [3.8, 4) is 0 Å². The van der Waals surface area contributed by atoms with Crippen molar-refractivity contribution in [2.24, 2.45) is 0 Å². The van der Waals surface area contributed by atoms with Gasteiger partial charge in [-0.2, -0.15) is 0 Å². The number of hydrogen-bond donors (Lipinski definition) is 2. The first-order valence-electron chi connectivity index (χ1n) is 8.29. The van der Waals surface area contributed by atoms with E-state index in [1.54, 1.807) is 13.8 Å². The van der Waals surface area contributed by atoms with Crippen molar-refractivity contribution in [2.75, 3.05) is 0 Å². The molecule has 0 aliphatic carbocycles. The summed E-state index contributed by atoms with van der Waals surface area (Å²) in [5.41, 5.74) is 2.38. The van der Waals surface area contributed by atoms with E-state index in [-0.39, 0.29) is 12.1 Å². The Morgan fingerprint density at radius 2 is 1.85 bits per heavy atom. The molecule has 0 bridgehead atoms. The second-order valence-electron chi connectivity index (χ2n) is 6.20. The Morgan fingerprint density at radius 3 is 2.50 bits per heavy atom. The summed E-state index contributed by atoms with van der Waals surface area (Å²) in [5.74, 6) is -0.462.